The van der Waals surface area contributed by atoms with Gasteiger partial charge in [0.25, 0.3) is 0 Å². The van der Waals surface area contributed by atoms with Gasteiger partial charge in [-0.2, -0.15) is 0 Å². The van der Waals surface area contributed by atoms with Crippen LogP contribution in [0.3, 0.4) is 0 Å². The molecule has 1 unspecified atom stereocenters. The maximum atomic E-state index is 11.9. The molecule has 0 heterocycles. The molecule has 4 heteroatoms. The standard InChI is InChI=1S/C14H22N2OS/c1-11-5-4-6-13(7-11)9-18-10-14(17)16(3)12(2)8-15/h4-7,12H,8-10,15H2,1-3H3. The molecule has 0 saturated heterocycles. The van der Waals surface area contributed by atoms with Gasteiger partial charge in [-0.3, -0.25) is 4.79 Å². The van der Waals surface area contributed by atoms with Gasteiger partial charge in [0.1, 0.15) is 0 Å². The minimum atomic E-state index is 0.108. The number of amides is 1. The molecule has 1 atom stereocenters. The minimum absolute atomic E-state index is 0.108. The SMILES string of the molecule is Cc1cccc(CSCC(=O)N(C)C(C)CN)c1. The van der Waals surface area contributed by atoms with Crippen molar-refractivity contribution in [3.05, 3.63) is 35.4 Å². The molecule has 0 aromatic heterocycles. The van der Waals surface area contributed by atoms with Crippen LogP contribution in [0.4, 0.5) is 0 Å². The summed E-state index contributed by atoms with van der Waals surface area (Å²) in [4.78, 5) is 13.6. The molecule has 1 aromatic carbocycles. The van der Waals surface area contributed by atoms with E-state index in [4.69, 9.17) is 5.73 Å². The molecule has 1 aromatic rings. The summed E-state index contributed by atoms with van der Waals surface area (Å²) >= 11 is 1.65. The first-order chi connectivity index (χ1) is 8.54. The van der Waals surface area contributed by atoms with Gasteiger partial charge in [0.05, 0.1) is 5.75 Å². The largest absolute Gasteiger partial charge is 0.341 e. The predicted molar refractivity (Wildman–Crippen MR) is 78.6 cm³/mol. The second-order valence-corrected chi connectivity index (χ2v) is 5.56. The third kappa shape index (κ3) is 4.70. The Morgan fingerprint density at radius 2 is 2.22 bits per heavy atom. The molecule has 0 aliphatic carbocycles. The van der Waals surface area contributed by atoms with Crippen molar-refractivity contribution in [1.29, 1.82) is 0 Å². The van der Waals surface area contributed by atoms with E-state index in [0.717, 1.165) is 5.75 Å². The van der Waals surface area contributed by atoms with Gasteiger partial charge in [0.2, 0.25) is 5.91 Å². The first-order valence-electron chi connectivity index (χ1n) is 6.13. The molecule has 1 amide bonds. The van der Waals surface area contributed by atoms with Crippen LogP contribution < -0.4 is 5.73 Å². The van der Waals surface area contributed by atoms with E-state index in [2.05, 4.69) is 31.2 Å². The lowest BCUT2D eigenvalue weighted by atomic mass is 10.2. The van der Waals surface area contributed by atoms with Crippen molar-refractivity contribution >= 4 is 17.7 Å². The van der Waals surface area contributed by atoms with E-state index in [1.807, 2.05) is 14.0 Å². The van der Waals surface area contributed by atoms with Gasteiger partial charge in [-0.25, -0.2) is 0 Å². The highest BCUT2D eigenvalue weighted by Crippen LogP contribution is 2.14. The highest BCUT2D eigenvalue weighted by Gasteiger charge is 2.13. The van der Waals surface area contributed by atoms with Crippen molar-refractivity contribution in [1.82, 2.24) is 4.90 Å². The van der Waals surface area contributed by atoms with Crippen molar-refractivity contribution in [3.8, 4) is 0 Å². The average Bonchev–Trinajstić information content (AvgIpc) is 2.36. The maximum absolute atomic E-state index is 11.9. The molecule has 0 spiro atoms. The van der Waals surface area contributed by atoms with Crippen molar-refractivity contribution in [2.75, 3.05) is 19.3 Å². The Morgan fingerprint density at radius 1 is 1.50 bits per heavy atom. The molecule has 0 radical (unpaired) electrons. The van der Waals surface area contributed by atoms with Crippen LogP contribution in [0.15, 0.2) is 24.3 Å². The van der Waals surface area contributed by atoms with Gasteiger partial charge in [-0.05, 0) is 19.4 Å². The van der Waals surface area contributed by atoms with Crippen LogP contribution in [-0.2, 0) is 10.5 Å². The molecule has 0 saturated carbocycles. The molecule has 100 valence electrons. The van der Waals surface area contributed by atoms with Gasteiger partial charge < -0.3 is 10.6 Å². The first-order valence-corrected chi connectivity index (χ1v) is 7.29. The second-order valence-electron chi connectivity index (χ2n) is 4.57. The predicted octanol–water partition coefficient (Wildman–Crippen LogP) is 2.03. The first kappa shape index (κ1) is 15.1. The van der Waals surface area contributed by atoms with Crippen molar-refractivity contribution < 1.29 is 4.79 Å². The van der Waals surface area contributed by atoms with Crippen LogP contribution >= 0.6 is 11.8 Å². The van der Waals surface area contributed by atoms with Gasteiger partial charge >= 0.3 is 0 Å². The Hall–Kier alpha value is -1.00. The lowest BCUT2D eigenvalue weighted by Crippen LogP contribution is -2.40. The van der Waals surface area contributed by atoms with E-state index in [1.54, 1.807) is 16.7 Å². The summed E-state index contributed by atoms with van der Waals surface area (Å²) in [6.45, 7) is 4.55. The Bertz CT molecular complexity index is 395. The molecule has 0 bridgehead atoms. The van der Waals surface area contributed by atoms with Gasteiger partial charge in [-0.15, -0.1) is 11.8 Å². The fourth-order valence-corrected chi connectivity index (χ4v) is 2.46. The number of carbonyl (C=O) groups excluding carboxylic acids is 1. The van der Waals surface area contributed by atoms with Crippen molar-refractivity contribution in [3.63, 3.8) is 0 Å². The van der Waals surface area contributed by atoms with E-state index >= 15 is 0 Å². The van der Waals surface area contributed by atoms with Crippen LogP contribution in [0, 0.1) is 6.92 Å². The van der Waals surface area contributed by atoms with Gasteiger partial charge in [0.15, 0.2) is 0 Å². The molecule has 0 fully saturated rings. The number of rotatable bonds is 6. The lowest BCUT2D eigenvalue weighted by molar-refractivity contribution is -0.128. The number of thioether (sulfide) groups is 1. The van der Waals surface area contributed by atoms with Crippen LogP contribution in [0.5, 0.6) is 0 Å². The average molecular weight is 266 g/mol. The number of carbonyl (C=O) groups is 1. The van der Waals surface area contributed by atoms with Gasteiger partial charge in [0, 0.05) is 25.4 Å². The van der Waals surface area contributed by atoms with Crippen LogP contribution in [-0.4, -0.2) is 36.2 Å². The van der Waals surface area contributed by atoms with Crippen LogP contribution in [0.1, 0.15) is 18.1 Å². The fraction of sp³-hybridized carbons (Fsp3) is 0.500. The Balaban J connectivity index is 2.36. The third-order valence-corrected chi connectivity index (χ3v) is 3.96. The zero-order valence-electron chi connectivity index (χ0n) is 11.3. The second kappa shape index (κ2) is 7.44. The summed E-state index contributed by atoms with van der Waals surface area (Å²) < 4.78 is 0. The molecule has 2 N–H and O–H groups in total. The van der Waals surface area contributed by atoms with Crippen LogP contribution in [0.2, 0.25) is 0 Å². The van der Waals surface area contributed by atoms with Crippen molar-refractivity contribution in [2.24, 2.45) is 5.73 Å². The van der Waals surface area contributed by atoms with Crippen LogP contribution in [0.25, 0.3) is 0 Å². The van der Waals surface area contributed by atoms with E-state index in [1.165, 1.54) is 11.1 Å². The number of nitrogens with two attached hydrogens (primary N) is 1. The zero-order valence-corrected chi connectivity index (χ0v) is 12.2. The topological polar surface area (TPSA) is 46.3 Å². The van der Waals surface area contributed by atoms with Crippen molar-refractivity contribution in [2.45, 2.75) is 25.6 Å². The smallest absolute Gasteiger partial charge is 0.232 e. The summed E-state index contributed by atoms with van der Waals surface area (Å²) in [5.74, 6) is 1.53. The van der Waals surface area contributed by atoms with E-state index in [9.17, 15) is 4.79 Å². The van der Waals surface area contributed by atoms with E-state index in [-0.39, 0.29) is 11.9 Å². The highest BCUT2D eigenvalue weighted by molar-refractivity contribution is 7.99. The molecular weight excluding hydrogens is 244 g/mol. The summed E-state index contributed by atoms with van der Waals surface area (Å²) in [5.41, 5.74) is 8.07. The maximum Gasteiger partial charge on any atom is 0.232 e. The zero-order chi connectivity index (χ0) is 13.5. The molecule has 18 heavy (non-hydrogen) atoms. The Morgan fingerprint density at radius 3 is 2.83 bits per heavy atom. The lowest BCUT2D eigenvalue weighted by Gasteiger charge is -2.23. The third-order valence-electron chi connectivity index (χ3n) is 2.97. The molecule has 1 rings (SSSR count). The normalized spacial score (nSPS) is 12.2. The van der Waals surface area contributed by atoms with E-state index < -0.39 is 0 Å². The number of benzene rings is 1. The Kier molecular flexibility index (Phi) is 6.22. The number of hydrogen-bond acceptors (Lipinski definition) is 3. The molecule has 3 nitrogen and oxygen atoms in total. The Labute approximate surface area is 114 Å². The fourth-order valence-electron chi connectivity index (χ4n) is 1.56. The quantitative estimate of drug-likeness (QED) is 0.857. The highest BCUT2D eigenvalue weighted by atomic mass is 32.2. The number of likely N-dealkylation sites (N-methyl/N-ethyl adjacent to an activating group) is 1. The summed E-state index contributed by atoms with van der Waals surface area (Å²) in [6, 6.07) is 8.49. The number of aryl methyl sites for hydroxylation is 1. The summed E-state index contributed by atoms with van der Waals surface area (Å²) in [5, 5.41) is 0. The van der Waals surface area contributed by atoms with Gasteiger partial charge in [-0.1, -0.05) is 29.8 Å². The number of nitrogens with zero attached hydrogens (tertiary/aromatic N) is 1. The molecule has 0 aliphatic rings. The number of hydrogen-bond donors (Lipinski definition) is 1. The molecular formula is C14H22N2OS. The summed E-state index contributed by atoms with van der Waals surface area (Å²) in [7, 11) is 1.81. The molecule has 0 aliphatic heterocycles. The van der Waals surface area contributed by atoms with E-state index in [0.29, 0.717) is 12.3 Å². The minimum Gasteiger partial charge on any atom is -0.341 e. The summed E-state index contributed by atoms with van der Waals surface area (Å²) in [6.07, 6.45) is 0. The monoisotopic (exact) mass is 266 g/mol.